The van der Waals surface area contributed by atoms with Crippen molar-refractivity contribution in [2.75, 3.05) is 5.32 Å². The number of anilines is 1. The number of hydrogen-bond acceptors (Lipinski definition) is 2. The zero-order valence-electron chi connectivity index (χ0n) is 9.47. The first-order valence-electron chi connectivity index (χ1n) is 5.45. The summed E-state index contributed by atoms with van der Waals surface area (Å²) in [7, 11) is 0. The van der Waals surface area contributed by atoms with Crippen molar-refractivity contribution in [2.24, 2.45) is 0 Å². The van der Waals surface area contributed by atoms with E-state index in [1.54, 1.807) is 6.07 Å². The average Bonchev–Trinajstić information content (AvgIpc) is 2.79. The van der Waals surface area contributed by atoms with Crippen LogP contribution >= 0.6 is 34.5 Å². The highest BCUT2D eigenvalue weighted by Crippen LogP contribution is 2.26. The fourth-order valence-electron chi connectivity index (χ4n) is 1.50. The molecule has 0 atom stereocenters. The molecule has 0 fully saturated rings. The zero-order chi connectivity index (χ0) is 12.3. The van der Waals surface area contributed by atoms with Crippen LogP contribution in [0.3, 0.4) is 0 Å². The Morgan fingerprint density at radius 2 is 1.82 bits per heavy atom. The maximum atomic E-state index is 5.95. The van der Waals surface area contributed by atoms with Crippen LogP contribution in [0.1, 0.15) is 16.7 Å². The van der Waals surface area contributed by atoms with Gasteiger partial charge in [-0.3, -0.25) is 0 Å². The summed E-state index contributed by atoms with van der Waals surface area (Å²) in [4.78, 5) is 2.74. The number of nitrogens with one attached hydrogen (secondary N) is 1. The minimum Gasteiger partial charge on any atom is -0.380 e. The van der Waals surface area contributed by atoms with Gasteiger partial charge in [0.25, 0.3) is 0 Å². The third-order valence-corrected chi connectivity index (χ3v) is 4.42. The lowest BCUT2D eigenvalue weighted by molar-refractivity contribution is 1.19. The Balaban J connectivity index is 1.99. The molecule has 0 unspecified atom stereocenters. The van der Waals surface area contributed by atoms with E-state index in [0.717, 1.165) is 18.7 Å². The van der Waals surface area contributed by atoms with Crippen molar-refractivity contribution in [3.63, 3.8) is 0 Å². The summed E-state index contributed by atoms with van der Waals surface area (Å²) >= 11 is 13.7. The molecular formula is C13H13Cl2NS. The molecule has 0 amide bonds. The van der Waals surface area contributed by atoms with E-state index in [4.69, 9.17) is 23.2 Å². The third-order valence-electron chi connectivity index (χ3n) is 2.45. The van der Waals surface area contributed by atoms with Crippen molar-refractivity contribution in [1.29, 1.82) is 0 Å². The van der Waals surface area contributed by atoms with E-state index in [1.807, 2.05) is 23.5 Å². The number of hydrogen-bond donors (Lipinski definition) is 1. The number of halogens is 2. The molecule has 1 nitrogen and oxygen atoms in total. The van der Waals surface area contributed by atoms with Gasteiger partial charge in [0.1, 0.15) is 0 Å². The molecule has 90 valence electrons. The molecule has 0 spiro atoms. The standard InChI is InChI=1S/C13H13Cl2NS/c1-2-10-4-5-11(17-10)8-16-9-3-6-12(14)13(15)7-9/h3-7,16H,2,8H2,1H3. The first-order valence-corrected chi connectivity index (χ1v) is 7.03. The Morgan fingerprint density at radius 3 is 2.47 bits per heavy atom. The normalized spacial score (nSPS) is 10.5. The van der Waals surface area contributed by atoms with Crippen molar-refractivity contribution in [2.45, 2.75) is 19.9 Å². The van der Waals surface area contributed by atoms with Crippen molar-refractivity contribution in [3.05, 3.63) is 50.1 Å². The van der Waals surface area contributed by atoms with Crippen LogP contribution in [0.25, 0.3) is 0 Å². The SMILES string of the molecule is CCc1ccc(CNc2ccc(Cl)c(Cl)c2)s1. The molecule has 1 aromatic heterocycles. The van der Waals surface area contributed by atoms with Gasteiger partial charge in [0.15, 0.2) is 0 Å². The van der Waals surface area contributed by atoms with Gasteiger partial charge in [-0.15, -0.1) is 11.3 Å². The lowest BCUT2D eigenvalue weighted by Crippen LogP contribution is -1.96. The van der Waals surface area contributed by atoms with Crippen molar-refractivity contribution in [3.8, 4) is 0 Å². The molecular weight excluding hydrogens is 273 g/mol. The van der Waals surface area contributed by atoms with E-state index >= 15 is 0 Å². The van der Waals surface area contributed by atoms with Crippen LogP contribution in [-0.2, 0) is 13.0 Å². The fourth-order valence-corrected chi connectivity index (χ4v) is 2.70. The Hall–Kier alpha value is -0.700. The van der Waals surface area contributed by atoms with Crippen LogP contribution in [-0.4, -0.2) is 0 Å². The minimum atomic E-state index is 0.581. The first kappa shape index (κ1) is 12.7. The summed E-state index contributed by atoms with van der Waals surface area (Å²) in [5.74, 6) is 0. The summed E-state index contributed by atoms with van der Waals surface area (Å²) in [6.45, 7) is 2.99. The predicted molar refractivity (Wildman–Crippen MR) is 77.5 cm³/mol. The van der Waals surface area contributed by atoms with Crippen LogP contribution in [0.5, 0.6) is 0 Å². The van der Waals surface area contributed by atoms with Crippen LogP contribution in [0, 0.1) is 0 Å². The highest BCUT2D eigenvalue weighted by Gasteiger charge is 2.01. The molecule has 0 aliphatic rings. The van der Waals surface area contributed by atoms with Crippen LogP contribution < -0.4 is 5.32 Å². The number of thiophene rings is 1. The summed E-state index contributed by atoms with van der Waals surface area (Å²) in [5.41, 5.74) is 0.992. The molecule has 2 aromatic rings. The second-order valence-corrected chi connectivity index (χ2v) is 5.77. The van der Waals surface area contributed by atoms with Gasteiger partial charge < -0.3 is 5.32 Å². The molecule has 2 rings (SSSR count). The summed E-state index contributed by atoms with van der Waals surface area (Å²) in [5, 5.41) is 4.50. The molecule has 0 bridgehead atoms. The lowest BCUT2D eigenvalue weighted by atomic mass is 10.3. The molecule has 4 heteroatoms. The maximum absolute atomic E-state index is 5.95. The Kier molecular flexibility index (Phi) is 4.32. The molecule has 0 aliphatic carbocycles. The van der Waals surface area contributed by atoms with E-state index in [0.29, 0.717) is 10.0 Å². The van der Waals surface area contributed by atoms with E-state index in [2.05, 4.69) is 24.4 Å². The topological polar surface area (TPSA) is 12.0 Å². The molecule has 1 N–H and O–H groups in total. The Bertz CT molecular complexity index is 508. The fraction of sp³-hybridized carbons (Fsp3) is 0.231. The van der Waals surface area contributed by atoms with Gasteiger partial charge in [-0.2, -0.15) is 0 Å². The van der Waals surface area contributed by atoms with Gasteiger partial charge >= 0.3 is 0 Å². The number of aryl methyl sites for hydroxylation is 1. The summed E-state index contributed by atoms with van der Waals surface area (Å²) in [6, 6.07) is 9.92. The van der Waals surface area contributed by atoms with Crippen LogP contribution in [0.15, 0.2) is 30.3 Å². The summed E-state index contributed by atoms with van der Waals surface area (Å²) in [6.07, 6.45) is 1.09. The molecule has 0 aliphatic heterocycles. The quantitative estimate of drug-likeness (QED) is 0.811. The van der Waals surface area contributed by atoms with Crippen molar-refractivity contribution >= 4 is 40.2 Å². The first-order chi connectivity index (χ1) is 8.19. The summed E-state index contributed by atoms with van der Waals surface area (Å²) < 4.78 is 0. The number of rotatable bonds is 4. The lowest BCUT2D eigenvalue weighted by Gasteiger charge is -2.05. The second kappa shape index (κ2) is 5.76. The highest BCUT2D eigenvalue weighted by molar-refractivity contribution is 7.12. The van der Waals surface area contributed by atoms with E-state index in [9.17, 15) is 0 Å². The molecule has 0 saturated heterocycles. The van der Waals surface area contributed by atoms with Crippen molar-refractivity contribution in [1.82, 2.24) is 0 Å². The third kappa shape index (κ3) is 3.38. The average molecular weight is 286 g/mol. The molecule has 1 heterocycles. The molecule has 0 radical (unpaired) electrons. The van der Waals surface area contributed by atoms with Gasteiger partial charge in [-0.1, -0.05) is 30.1 Å². The maximum Gasteiger partial charge on any atom is 0.0612 e. The van der Waals surface area contributed by atoms with Gasteiger partial charge in [0.05, 0.1) is 10.0 Å². The van der Waals surface area contributed by atoms with E-state index in [1.165, 1.54) is 9.75 Å². The van der Waals surface area contributed by atoms with Crippen LogP contribution in [0.2, 0.25) is 10.0 Å². The largest absolute Gasteiger partial charge is 0.380 e. The van der Waals surface area contributed by atoms with Gasteiger partial charge in [0, 0.05) is 22.0 Å². The minimum absolute atomic E-state index is 0.581. The van der Waals surface area contributed by atoms with Gasteiger partial charge in [-0.25, -0.2) is 0 Å². The highest BCUT2D eigenvalue weighted by atomic mass is 35.5. The predicted octanol–water partition coefficient (Wildman–Crippen LogP) is 5.23. The van der Waals surface area contributed by atoms with E-state index < -0.39 is 0 Å². The molecule has 0 saturated carbocycles. The van der Waals surface area contributed by atoms with Crippen LogP contribution in [0.4, 0.5) is 5.69 Å². The van der Waals surface area contributed by atoms with Gasteiger partial charge in [0.2, 0.25) is 0 Å². The van der Waals surface area contributed by atoms with Gasteiger partial charge in [-0.05, 0) is 36.8 Å². The van der Waals surface area contributed by atoms with Crippen molar-refractivity contribution < 1.29 is 0 Å². The Morgan fingerprint density at radius 1 is 1.06 bits per heavy atom. The molecule has 17 heavy (non-hydrogen) atoms. The molecule has 1 aromatic carbocycles. The van der Waals surface area contributed by atoms with E-state index in [-0.39, 0.29) is 0 Å². The monoisotopic (exact) mass is 285 g/mol. The smallest absolute Gasteiger partial charge is 0.0612 e. The zero-order valence-corrected chi connectivity index (χ0v) is 11.8. The number of benzene rings is 1. The Labute approximate surface area is 115 Å². The second-order valence-electron chi connectivity index (χ2n) is 3.70.